The van der Waals surface area contributed by atoms with Crippen LogP contribution in [0.1, 0.15) is 42.3 Å². The highest BCUT2D eigenvalue weighted by Gasteiger charge is 2.54. The molecule has 2 saturated carbocycles. The monoisotopic (exact) mass is 346 g/mol. The van der Waals surface area contributed by atoms with E-state index in [0.717, 1.165) is 23.1 Å². The van der Waals surface area contributed by atoms with Crippen LogP contribution in [0.25, 0.3) is 10.9 Å². The minimum absolute atomic E-state index is 0.283. The molecule has 0 saturated heterocycles. The maximum Gasteiger partial charge on any atom is 0.142 e. The number of anilines is 1. The highest BCUT2D eigenvalue weighted by Crippen LogP contribution is 2.64. The molecule has 1 aliphatic heterocycles. The molecule has 3 heterocycles. The molecule has 3 aliphatic rings. The lowest BCUT2D eigenvalue weighted by Gasteiger charge is -2.44. The molecule has 5 atom stereocenters. The van der Waals surface area contributed by atoms with E-state index in [4.69, 9.17) is 4.74 Å². The van der Waals surface area contributed by atoms with Gasteiger partial charge in [0.1, 0.15) is 5.75 Å². The van der Waals surface area contributed by atoms with Crippen LogP contribution in [0.3, 0.4) is 0 Å². The van der Waals surface area contributed by atoms with Gasteiger partial charge in [-0.2, -0.15) is 5.10 Å². The molecule has 2 aromatic heterocycles. The number of hydrogen-bond acceptors (Lipinski definition) is 4. The summed E-state index contributed by atoms with van der Waals surface area (Å²) in [6.45, 7) is 0. The molecular weight excluding hydrogens is 324 g/mol. The molecular formula is C21H22N4O. The van der Waals surface area contributed by atoms with Crippen LogP contribution in [-0.2, 0) is 0 Å². The van der Waals surface area contributed by atoms with Crippen molar-refractivity contribution in [2.45, 2.75) is 31.2 Å². The second-order valence-corrected chi connectivity index (χ2v) is 8.03. The number of ether oxygens (including phenoxy) is 1. The Kier molecular flexibility index (Phi) is 2.93. The van der Waals surface area contributed by atoms with E-state index in [9.17, 15) is 0 Å². The van der Waals surface area contributed by atoms with Gasteiger partial charge in [-0.1, -0.05) is 0 Å². The SMILES string of the molecule is COc1cnccc1[C@@H]1Nc2ccc3[nH]ncc3c2[C@H]2[C@@H]3CC[C@@H](C3)[C@H]21. The Morgan fingerprint density at radius 2 is 2.04 bits per heavy atom. The van der Waals surface area contributed by atoms with Gasteiger partial charge < -0.3 is 10.1 Å². The van der Waals surface area contributed by atoms with Crippen LogP contribution >= 0.6 is 0 Å². The van der Waals surface area contributed by atoms with E-state index in [1.165, 1.54) is 41.5 Å². The van der Waals surface area contributed by atoms with Crippen LogP contribution < -0.4 is 10.1 Å². The second kappa shape index (κ2) is 5.22. The number of aromatic amines is 1. The molecule has 2 N–H and O–H groups in total. The molecule has 2 fully saturated rings. The summed E-state index contributed by atoms with van der Waals surface area (Å²) >= 11 is 0. The zero-order chi connectivity index (χ0) is 17.3. The summed E-state index contributed by atoms with van der Waals surface area (Å²) in [6, 6.07) is 6.77. The normalized spacial score (nSPS) is 31.5. The third kappa shape index (κ3) is 1.81. The number of nitrogens with one attached hydrogen (secondary N) is 2. The fourth-order valence-electron chi connectivity index (χ4n) is 6.14. The summed E-state index contributed by atoms with van der Waals surface area (Å²) in [7, 11) is 1.74. The van der Waals surface area contributed by atoms with Gasteiger partial charge in [0.05, 0.1) is 31.1 Å². The van der Waals surface area contributed by atoms with Crippen molar-refractivity contribution in [3.8, 4) is 5.75 Å². The van der Waals surface area contributed by atoms with Gasteiger partial charge in [-0.3, -0.25) is 10.1 Å². The lowest BCUT2D eigenvalue weighted by Crippen LogP contribution is -2.35. The third-order valence-electron chi connectivity index (χ3n) is 7.05. The first-order chi connectivity index (χ1) is 12.8. The molecule has 0 amide bonds. The molecule has 0 spiro atoms. The van der Waals surface area contributed by atoms with Crippen molar-refractivity contribution < 1.29 is 4.74 Å². The Labute approximate surface area is 152 Å². The minimum Gasteiger partial charge on any atom is -0.495 e. The molecule has 26 heavy (non-hydrogen) atoms. The van der Waals surface area contributed by atoms with Gasteiger partial charge in [-0.25, -0.2) is 0 Å². The summed E-state index contributed by atoms with van der Waals surface area (Å²) in [4.78, 5) is 4.26. The van der Waals surface area contributed by atoms with E-state index in [0.29, 0.717) is 11.8 Å². The van der Waals surface area contributed by atoms with Crippen LogP contribution in [0.2, 0.25) is 0 Å². The van der Waals surface area contributed by atoms with Crippen LogP contribution in [-0.4, -0.2) is 22.3 Å². The molecule has 132 valence electrons. The van der Waals surface area contributed by atoms with Crippen molar-refractivity contribution in [1.82, 2.24) is 15.2 Å². The van der Waals surface area contributed by atoms with Crippen LogP contribution in [0, 0.1) is 17.8 Å². The van der Waals surface area contributed by atoms with Gasteiger partial charge in [0.2, 0.25) is 0 Å². The van der Waals surface area contributed by atoms with Crippen molar-refractivity contribution >= 4 is 16.6 Å². The molecule has 6 rings (SSSR count). The zero-order valence-electron chi connectivity index (χ0n) is 14.8. The maximum absolute atomic E-state index is 5.66. The van der Waals surface area contributed by atoms with E-state index < -0.39 is 0 Å². The van der Waals surface area contributed by atoms with Crippen LogP contribution in [0.4, 0.5) is 5.69 Å². The topological polar surface area (TPSA) is 62.8 Å². The first kappa shape index (κ1) is 14.6. The van der Waals surface area contributed by atoms with Gasteiger partial charge >= 0.3 is 0 Å². The van der Waals surface area contributed by atoms with E-state index in [-0.39, 0.29) is 6.04 Å². The maximum atomic E-state index is 5.66. The molecule has 0 radical (unpaired) electrons. The predicted octanol–water partition coefficient (Wildman–Crippen LogP) is 4.26. The molecule has 2 aliphatic carbocycles. The van der Waals surface area contributed by atoms with Crippen LogP contribution in [0.5, 0.6) is 5.75 Å². The van der Waals surface area contributed by atoms with E-state index in [1.807, 2.05) is 18.6 Å². The van der Waals surface area contributed by atoms with Crippen LogP contribution in [0.15, 0.2) is 36.8 Å². The van der Waals surface area contributed by atoms with E-state index in [2.05, 4.69) is 38.7 Å². The van der Waals surface area contributed by atoms with Gasteiger partial charge in [-0.15, -0.1) is 0 Å². The number of rotatable bonds is 2. The largest absolute Gasteiger partial charge is 0.495 e. The third-order valence-corrected chi connectivity index (χ3v) is 7.05. The first-order valence-corrected chi connectivity index (χ1v) is 9.55. The Morgan fingerprint density at radius 3 is 2.96 bits per heavy atom. The number of H-pyrrole nitrogens is 1. The number of methoxy groups -OCH3 is 1. The summed E-state index contributed by atoms with van der Waals surface area (Å²) in [6.07, 6.45) is 9.80. The summed E-state index contributed by atoms with van der Waals surface area (Å²) < 4.78 is 5.66. The molecule has 5 nitrogen and oxygen atoms in total. The summed E-state index contributed by atoms with van der Waals surface area (Å²) in [5.74, 6) is 3.68. The van der Waals surface area contributed by atoms with Gasteiger partial charge in [0.25, 0.3) is 0 Å². The fraction of sp³-hybridized carbons (Fsp3) is 0.429. The minimum atomic E-state index is 0.283. The number of pyridine rings is 1. The van der Waals surface area contributed by atoms with E-state index >= 15 is 0 Å². The van der Waals surface area contributed by atoms with Crippen molar-refractivity contribution in [2.24, 2.45) is 17.8 Å². The average molecular weight is 346 g/mol. The number of nitrogens with zero attached hydrogens (tertiary/aromatic N) is 2. The summed E-state index contributed by atoms with van der Waals surface area (Å²) in [5.41, 5.74) is 5.13. The van der Waals surface area contributed by atoms with Gasteiger partial charge in [0.15, 0.2) is 0 Å². The lowest BCUT2D eigenvalue weighted by atomic mass is 9.67. The Balaban J connectivity index is 1.57. The second-order valence-electron chi connectivity index (χ2n) is 8.03. The van der Waals surface area contributed by atoms with Crippen molar-refractivity contribution in [2.75, 3.05) is 12.4 Å². The van der Waals surface area contributed by atoms with E-state index in [1.54, 1.807) is 7.11 Å². The van der Waals surface area contributed by atoms with Crippen molar-refractivity contribution in [1.29, 1.82) is 0 Å². The molecule has 0 unspecified atom stereocenters. The van der Waals surface area contributed by atoms with Gasteiger partial charge in [0, 0.05) is 22.8 Å². The number of aromatic nitrogens is 3. The number of fused-ring (bicyclic) bond motifs is 9. The Hall–Kier alpha value is -2.56. The quantitative estimate of drug-likeness (QED) is 0.728. The molecule has 3 aromatic rings. The van der Waals surface area contributed by atoms with Crippen molar-refractivity contribution in [3.63, 3.8) is 0 Å². The van der Waals surface area contributed by atoms with Gasteiger partial charge in [-0.05, 0) is 66.7 Å². The zero-order valence-corrected chi connectivity index (χ0v) is 14.8. The van der Waals surface area contributed by atoms with Crippen molar-refractivity contribution in [3.05, 3.63) is 47.9 Å². The summed E-state index contributed by atoms with van der Waals surface area (Å²) in [5, 5.41) is 12.6. The average Bonchev–Trinajstić information content (AvgIpc) is 3.42. The molecule has 5 heteroatoms. The smallest absolute Gasteiger partial charge is 0.142 e. The highest BCUT2D eigenvalue weighted by molar-refractivity contribution is 5.88. The highest BCUT2D eigenvalue weighted by atomic mass is 16.5. The standard InChI is InChI=1S/C21H22N4O/c1-26-17-10-22-7-6-13(17)21-19-12-3-2-11(8-12)18(19)20-14-9-23-25-15(14)4-5-16(20)24-21/h4-7,9-12,18-19,21,24H,2-3,8H2,1H3,(H,23,25)/t11-,12+,18+,19-,21+/m1/s1. The Bertz CT molecular complexity index is 997. The molecule has 2 bridgehead atoms. The predicted molar refractivity (Wildman–Crippen MR) is 100 cm³/mol. The Morgan fingerprint density at radius 1 is 1.12 bits per heavy atom. The molecule has 1 aromatic carbocycles. The number of hydrogen-bond donors (Lipinski definition) is 2. The lowest BCUT2D eigenvalue weighted by molar-refractivity contribution is 0.245. The first-order valence-electron chi connectivity index (χ1n) is 9.55. The number of benzene rings is 1. The fourth-order valence-corrected chi connectivity index (χ4v) is 6.14.